The molecule has 3 aromatic rings. The van der Waals surface area contributed by atoms with Gasteiger partial charge in [0.1, 0.15) is 6.54 Å². The highest BCUT2D eigenvalue weighted by Gasteiger charge is 2.27. The molecule has 0 aliphatic carbocycles. The average Bonchev–Trinajstić information content (AvgIpc) is 2.74. The van der Waals surface area contributed by atoms with Crippen LogP contribution in [0, 0.1) is 25.2 Å². The molecule has 0 heterocycles. The topological polar surface area (TPSA) is 90.3 Å². The second-order valence-electron chi connectivity index (χ2n) is 7.24. The first-order chi connectivity index (χ1) is 14.8. The summed E-state index contributed by atoms with van der Waals surface area (Å²) in [6, 6.07) is 22.5. The Bertz CT molecular complexity index is 1210. The lowest BCUT2D eigenvalue weighted by molar-refractivity contribution is -0.114. The molecule has 0 fully saturated rings. The quantitative estimate of drug-likeness (QED) is 0.604. The molecule has 7 heteroatoms. The molecule has 0 radical (unpaired) electrons. The van der Waals surface area contributed by atoms with E-state index in [2.05, 4.69) is 11.4 Å². The van der Waals surface area contributed by atoms with E-state index in [0.717, 1.165) is 21.0 Å². The number of sulfonamides is 1. The number of nitrogens with zero attached hydrogens (tertiary/aromatic N) is 2. The van der Waals surface area contributed by atoms with Crippen molar-refractivity contribution in [1.29, 1.82) is 5.26 Å². The number of aryl methyl sites for hydroxylation is 2. The number of carbonyl (C=O) groups excluding carboxylic acids is 1. The first-order valence-electron chi connectivity index (χ1n) is 9.71. The Hall–Kier alpha value is -3.63. The molecule has 0 spiro atoms. The van der Waals surface area contributed by atoms with Gasteiger partial charge in [-0.15, -0.1) is 0 Å². The minimum Gasteiger partial charge on any atom is -0.325 e. The van der Waals surface area contributed by atoms with E-state index in [1.54, 1.807) is 66.7 Å². The highest BCUT2D eigenvalue weighted by molar-refractivity contribution is 7.92. The molecule has 0 bridgehead atoms. The summed E-state index contributed by atoms with van der Waals surface area (Å²) in [5.41, 5.74) is 3.61. The fourth-order valence-corrected chi connectivity index (χ4v) is 4.48. The number of nitriles is 1. The number of anilines is 2. The van der Waals surface area contributed by atoms with Crippen LogP contribution in [0.1, 0.15) is 16.7 Å². The van der Waals surface area contributed by atoms with Crippen LogP contribution in [0.5, 0.6) is 0 Å². The summed E-state index contributed by atoms with van der Waals surface area (Å²) in [6.07, 6.45) is 0.282. The maximum absolute atomic E-state index is 13.4. The van der Waals surface area contributed by atoms with Gasteiger partial charge in [-0.05, 0) is 61.4 Å². The minimum atomic E-state index is -3.95. The Morgan fingerprint density at radius 2 is 1.65 bits per heavy atom. The van der Waals surface area contributed by atoms with E-state index in [9.17, 15) is 13.2 Å². The van der Waals surface area contributed by atoms with Crippen LogP contribution in [0.15, 0.2) is 77.7 Å². The van der Waals surface area contributed by atoms with Crippen molar-refractivity contribution in [3.63, 3.8) is 0 Å². The molecule has 158 valence electrons. The van der Waals surface area contributed by atoms with Crippen LogP contribution in [0.4, 0.5) is 11.4 Å². The molecular weight excluding hydrogens is 410 g/mol. The summed E-state index contributed by atoms with van der Waals surface area (Å²) in [5, 5.41) is 11.5. The minimum absolute atomic E-state index is 0.119. The molecule has 0 aliphatic rings. The third-order valence-corrected chi connectivity index (χ3v) is 6.49. The molecular formula is C24H23N3O3S. The predicted octanol–water partition coefficient (Wildman–Crippen LogP) is 4.20. The van der Waals surface area contributed by atoms with Crippen molar-refractivity contribution >= 4 is 27.3 Å². The van der Waals surface area contributed by atoms with Gasteiger partial charge in [-0.3, -0.25) is 9.10 Å². The van der Waals surface area contributed by atoms with Crippen LogP contribution in [0.2, 0.25) is 0 Å². The Morgan fingerprint density at radius 3 is 2.26 bits per heavy atom. The fourth-order valence-electron chi connectivity index (χ4n) is 3.06. The fraction of sp³-hybridized carbons (Fsp3) is 0.167. The van der Waals surface area contributed by atoms with E-state index < -0.39 is 15.9 Å². The average molecular weight is 434 g/mol. The highest BCUT2D eigenvalue weighted by atomic mass is 32.2. The van der Waals surface area contributed by atoms with Gasteiger partial charge in [0, 0.05) is 5.69 Å². The predicted molar refractivity (Wildman–Crippen MR) is 121 cm³/mol. The second kappa shape index (κ2) is 9.45. The summed E-state index contributed by atoms with van der Waals surface area (Å²) >= 11 is 0. The smallest absolute Gasteiger partial charge is 0.264 e. The van der Waals surface area contributed by atoms with Gasteiger partial charge in [0.25, 0.3) is 10.0 Å². The normalized spacial score (nSPS) is 10.9. The standard InChI is InChI=1S/C24H23N3O3S/c1-18-6-12-23(13-7-18)31(29,30)27(22-5-3-4-19(2)16-22)17-24(28)26-21-10-8-20(9-11-21)14-15-25/h3-13,16H,14,17H2,1-2H3,(H,26,28). The van der Waals surface area contributed by atoms with Crippen LogP contribution in [0.25, 0.3) is 0 Å². The lowest BCUT2D eigenvalue weighted by Gasteiger charge is -2.24. The van der Waals surface area contributed by atoms with Crippen LogP contribution in [0.3, 0.4) is 0 Å². The molecule has 3 aromatic carbocycles. The summed E-state index contributed by atoms with van der Waals surface area (Å²) in [7, 11) is -3.95. The first kappa shape index (κ1) is 22.1. The van der Waals surface area contributed by atoms with E-state index >= 15 is 0 Å². The molecule has 3 rings (SSSR count). The van der Waals surface area contributed by atoms with Crippen molar-refractivity contribution in [3.8, 4) is 6.07 Å². The van der Waals surface area contributed by atoms with E-state index in [1.165, 1.54) is 0 Å². The largest absolute Gasteiger partial charge is 0.325 e. The van der Waals surface area contributed by atoms with Gasteiger partial charge in [0.15, 0.2) is 0 Å². The zero-order valence-corrected chi connectivity index (χ0v) is 18.2. The summed E-state index contributed by atoms with van der Waals surface area (Å²) in [6.45, 7) is 3.37. The molecule has 0 atom stereocenters. The van der Waals surface area contributed by atoms with Gasteiger partial charge in [-0.2, -0.15) is 5.26 Å². The molecule has 0 saturated heterocycles. The van der Waals surface area contributed by atoms with E-state index in [1.807, 2.05) is 19.9 Å². The van der Waals surface area contributed by atoms with Crippen LogP contribution < -0.4 is 9.62 Å². The monoisotopic (exact) mass is 433 g/mol. The summed E-state index contributed by atoms with van der Waals surface area (Å²) in [4.78, 5) is 12.9. The van der Waals surface area contributed by atoms with Crippen molar-refractivity contribution in [2.75, 3.05) is 16.2 Å². The summed E-state index contributed by atoms with van der Waals surface area (Å²) in [5.74, 6) is -0.467. The van der Waals surface area contributed by atoms with Crippen molar-refractivity contribution in [2.24, 2.45) is 0 Å². The van der Waals surface area contributed by atoms with E-state index in [-0.39, 0.29) is 17.9 Å². The molecule has 0 saturated carbocycles. The van der Waals surface area contributed by atoms with Gasteiger partial charge in [0.05, 0.1) is 23.1 Å². The third kappa shape index (κ3) is 5.50. The molecule has 6 nitrogen and oxygen atoms in total. The van der Waals surface area contributed by atoms with Gasteiger partial charge in [-0.1, -0.05) is 42.0 Å². The highest BCUT2D eigenvalue weighted by Crippen LogP contribution is 2.25. The zero-order valence-electron chi connectivity index (χ0n) is 17.4. The van der Waals surface area contributed by atoms with Crippen LogP contribution in [-0.4, -0.2) is 20.9 Å². The van der Waals surface area contributed by atoms with Gasteiger partial charge in [-0.25, -0.2) is 8.42 Å². The van der Waals surface area contributed by atoms with E-state index in [4.69, 9.17) is 5.26 Å². The van der Waals surface area contributed by atoms with Crippen molar-refractivity contribution in [1.82, 2.24) is 0 Å². The Labute approximate surface area is 182 Å². The Kier molecular flexibility index (Phi) is 6.73. The Morgan fingerprint density at radius 1 is 0.968 bits per heavy atom. The number of benzene rings is 3. The summed E-state index contributed by atoms with van der Waals surface area (Å²) < 4.78 is 27.9. The number of hydrogen-bond donors (Lipinski definition) is 1. The maximum atomic E-state index is 13.4. The van der Waals surface area contributed by atoms with Gasteiger partial charge in [0.2, 0.25) is 5.91 Å². The first-order valence-corrected chi connectivity index (χ1v) is 11.2. The lowest BCUT2D eigenvalue weighted by atomic mass is 10.1. The second-order valence-corrected chi connectivity index (χ2v) is 9.11. The van der Waals surface area contributed by atoms with E-state index in [0.29, 0.717) is 11.4 Å². The number of amides is 1. The Balaban J connectivity index is 1.89. The molecule has 0 aromatic heterocycles. The molecule has 0 aliphatic heterocycles. The van der Waals surface area contributed by atoms with Crippen molar-refractivity contribution in [3.05, 3.63) is 89.5 Å². The zero-order chi connectivity index (χ0) is 22.4. The number of hydrogen-bond acceptors (Lipinski definition) is 4. The number of carbonyl (C=O) groups is 1. The molecule has 1 amide bonds. The SMILES string of the molecule is Cc1ccc(S(=O)(=O)N(CC(=O)Nc2ccc(CC#N)cc2)c2cccc(C)c2)cc1. The lowest BCUT2D eigenvalue weighted by Crippen LogP contribution is -2.38. The maximum Gasteiger partial charge on any atom is 0.264 e. The van der Waals surface area contributed by atoms with Crippen LogP contribution in [-0.2, 0) is 21.2 Å². The van der Waals surface area contributed by atoms with Gasteiger partial charge >= 0.3 is 0 Å². The molecule has 31 heavy (non-hydrogen) atoms. The molecule has 1 N–H and O–H groups in total. The number of nitrogens with one attached hydrogen (secondary N) is 1. The van der Waals surface area contributed by atoms with Crippen molar-refractivity contribution < 1.29 is 13.2 Å². The third-order valence-electron chi connectivity index (χ3n) is 4.71. The molecule has 0 unspecified atom stereocenters. The number of rotatable bonds is 7. The van der Waals surface area contributed by atoms with Crippen molar-refractivity contribution in [2.45, 2.75) is 25.2 Å². The van der Waals surface area contributed by atoms with Crippen LogP contribution >= 0.6 is 0 Å². The van der Waals surface area contributed by atoms with Gasteiger partial charge < -0.3 is 5.32 Å².